The molecule has 1 aliphatic heterocycles. The first-order valence-corrected chi connectivity index (χ1v) is 10.1. The molecule has 0 radical (unpaired) electrons. The molecule has 0 amide bonds. The monoisotopic (exact) mass is 343 g/mol. The van der Waals surface area contributed by atoms with Crippen LogP contribution in [0.3, 0.4) is 0 Å². The van der Waals surface area contributed by atoms with Crippen molar-refractivity contribution in [2.45, 2.75) is 51.6 Å². The third kappa shape index (κ3) is 4.10. The molecule has 1 aliphatic carbocycles. The molecule has 1 saturated heterocycles. The number of aromatic nitrogens is 2. The van der Waals surface area contributed by atoms with E-state index in [9.17, 15) is 8.42 Å². The molecule has 8 heteroatoms. The molecule has 2 heterocycles. The van der Waals surface area contributed by atoms with Crippen LogP contribution in [0.2, 0.25) is 0 Å². The number of hydrogen-bond donors (Lipinski definition) is 0. The van der Waals surface area contributed by atoms with Crippen LogP contribution in [0.5, 0.6) is 0 Å². The lowest BCUT2D eigenvalue weighted by Gasteiger charge is -2.32. The topological polar surface area (TPSA) is 85.5 Å². The first-order chi connectivity index (χ1) is 11.1. The van der Waals surface area contributed by atoms with Gasteiger partial charge in [-0.2, -0.15) is 4.31 Å². The summed E-state index contributed by atoms with van der Waals surface area (Å²) in [5, 5.41) is 7.91. The van der Waals surface area contributed by atoms with Gasteiger partial charge in [0.25, 0.3) is 0 Å². The fourth-order valence-electron chi connectivity index (χ4n) is 3.32. The minimum absolute atomic E-state index is 0.254. The molecule has 2 fully saturated rings. The Kier molecular flexibility index (Phi) is 5.33. The van der Waals surface area contributed by atoms with Gasteiger partial charge in [0.1, 0.15) is 6.10 Å². The van der Waals surface area contributed by atoms with E-state index in [1.165, 1.54) is 10.7 Å². The van der Waals surface area contributed by atoms with Crippen molar-refractivity contribution >= 4 is 10.0 Å². The second-order valence-corrected chi connectivity index (χ2v) is 8.40. The van der Waals surface area contributed by atoms with Gasteiger partial charge >= 0.3 is 0 Å². The van der Waals surface area contributed by atoms with Crippen LogP contribution in [0.25, 0.3) is 0 Å². The quantitative estimate of drug-likeness (QED) is 0.812. The standard InChI is InChI=1S/C15H25N3O4S/c1-2-14-16-17-15(22-14)13-10-18(8-9-21-13)23(19,20)11-12-6-4-3-5-7-12/h12-13H,2-11H2,1H3/t13-/m0/s1. The number of sulfonamides is 1. The van der Waals surface area contributed by atoms with Gasteiger partial charge in [-0.25, -0.2) is 8.42 Å². The van der Waals surface area contributed by atoms with E-state index in [1.54, 1.807) is 0 Å². The van der Waals surface area contributed by atoms with Crippen molar-refractivity contribution in [2.24, 2.45) is 5.92 Å². The van der Waals surface area contributed by atoms with E-state index in [0.717, 1.165) is 25.7 Å². The molecule has 23 heavy (non-hydrogen) atoms. The number of nitrogens with zero attached hydrogens (tertiary/aromatic N) is 3. The molecule has 0 unspecified atom stereocenters. The largest absolute Gasteiger partial charge is 0.422 e. The highest BCUT2D eigenvalue weighted by Crippen LogP contribution is 2.28. The molecule has 1 saturated carbocycles. The van der Waals surface area contributed by atoms with Crippen molar-refractivity contribution in [3.63, 3.8) is 0 Å². The van der Waals surface area contributed by atoms with Gasteiger partial charge in [0, 0.05) is 19.5 Å². The summed E-state index contributed by atoms with van der Waals surface area (Å²) in [5.41, 5.74) is 0. The predicted octanol–water partition coefficient (Wildman–Crippen LogP) is 1.92. The molecular formula is C15H25N3O4S. The van der Waals surface area contributed by atoms with E-state index in [2.05, 4.69) is 10.2 Å². The molecule has 130 valence electrons. The Morgan fingerprint density at radius 3 is 2.70 bits per heavy atom. The number of morpholine rings is 1. The predicted molar refractivity (Wildman–Crippen MR) is 84.3 cm³/mol. The van der Waals surface area contributed by atoms with Gasteiger partial charge in [0.05, 0.1) is 12.4 Å². The first-order valence-electron chi connectivity index (χ1n) is 8.50. The van der Waals surface area contributed by atoms with Crippen LogP contribution >= 0.6 is 0 Å². The molecule has 1 aromatic rings. The van der Waals surface area contributed by atoms with Crippen molar-refractivity contribution in [2.75, 3.05) is 25.4 Å². The highest BCUT2D eigenvalue weighted by molar-refractivity contribution is 7.89. The zero-order valence-corrected chi connectivity index (χ0v) is 14.4. The Balaban J connectivity index is 1.64. The van der Waals surface area contributed by atoms with Gasteiger partial charge in [-0.05, 0) is 18.8 Å². The van der Waals surface area contributed by atoms with Crippen LogP contribution < -0.4 is 0 Å². The highest BCUT2D eigenvalue weighted by atomic mass is 32.2. The minimum atomic E-state index is -3.26. The zero-order valence-electron chi connectivity index (χ0n) is 13.6. The SMILES string of the molecule is CCc1nnc([C@@H]2CN(S(=O)(=O)CC3CCCCC3)CCO2)o1. The summed E-state index contributed by atoms with van der Waals surface area (Å²) >= 11 is 0. The van der Waals surface area contributed by atoms with E-state index in [-0.39, 0.29) is 12.3 Å². The van der Waals surface area contributed by atoms with Crippen molar-refractivity contribution in [1.29, 1.82) is 0 Å². The molecule has 2 aliphatic rings. The summed E-state index contributed by atoms with van der Waals surface area (Å²) in [6, 6.07) is 0. The third-order valence-corrected chi connectivity index (χ3v) is 6.67. The maximum Gasteiger partial charge on any atom is 0.246 e. The van der Waals surface area contributed by atoms with Crippen LogP contribution in [0.4, 0.5) is 0 Å². The number of aryl methyl sites for hydroxylation is 1. The lowest BCUT2D eigenvalue weighted by Crippen LogP contribution is -2.44. The second kappa shape index (κ2) is 7.27. The maximum absolute atomic E-state index is 12.7. The van der Waals surface area contributed by atoms with E-state index >= 15 is 0 Å². The Labute approximate surface area is 137 Å². The number of rotatable bonds is 5. The fraction of sp³-hybridized carbons (Fsp3) is 0.867. The molecular weight excluding hydrogens is 318 g/mol. The van der Waals surface area contributed by atoms with Gasteiger partial charge in [-0.3, -0.25) is 0 Å². The average Bonchev–Trinajstić information content (AvgIpc) is 3.05. The molecule has 1 atom stereocenters. The Bertz CT molecular complexity index is 610. The van der Waals surface area contributed by atoms with E-state index in [0.29, 0.717) is 37.3 Å². The number of ether oxygens (including phenoxy) is 1. The molecule has 3 rings (SSSR count). The van der Waals surface area contributed by atoms with Gasteiger partial charge in [-0.15, -0.1) is 10.2 Å². The van der Waals surface area contributed by atoms with Crippen molar-refractivity contribution in [1.82, 2.24) is 14.5 Å². The summed E-state index contributed by atoms with van der Waals surface area (Å²) in [6.45, 7) is 2.96. The summed E-state index contributed by atoms with van der Waals surface area (Å²) < 4.78 is 38.1. The average molecular weight is 343 g/mol. The van der Waals surface area contributed by atoms with Crippen LogP contribution in [0.1, 0.15) is 56.9 Å². The Morgan fingerprint density at radius 1 is 1.22 bits per heavy atom. The number of hydrogen-bond acceptors (Lipinski definition) is 6. The van der Waals surface area contributed by atoms with Gasteiger partial charge in [-0.1, -0.05) is 26.2 Å². The van der Waals surface area contributed by atoms with Crippen molar-refractivity contribution in [3.05, 3.63) is 11.8 Å². The van der Waals surface area contributed by atoms with E-state index < -0.39 is 16.1 Å². The lowest BCUT2D eigenvalue weighted by molar-refractivity contribution is -0.0179. The van der Waals surface area contributed by atoms with Crippen molar-refractivity contribution in [3.8, 4) is 0 Å². The van der Waals surface area contributed by atoms with Crippen LogP contribution in [0, 0.1) is 5.92 Å². The third-order valence-electron chi connectivity index (χ3n) is 4.65. The van der Waals surface area contributed by atoms with Crippen molar-refractivity contribution < 1.29 is 17.6 Å². The van der Waals surface area contributed by atoms with E-state index in [4.69, 9.17) is 9.15 Å². The lowest BCUT2D eigenvalue weighted by atomic mass is 9.91. The first kappa shape index (κ1) is 16.9. The smallest absolute Gasteiger partial charge is 0.246 e. The molecule has 0 aromatic carbocycles. The summed E-state index contributed by atoms with van der Waals surface area (Å²) in [4.78, 5) is 0. The Morgan fingerprint density at radius 2 is 2.00 bits per heavy atom. The van der Waals surface area contributed by atoms with E-state index in [1.807, 2.05) is 6.92 Å². The normalized spacial score (nSPS) is 24.8. The summed E-state index contributed by atoms with van der Waals surface area (Å²) in [6.07, 6.45) is 5.77. The summed E-state index contributed by atoms with van der Waals surface area (Å²) in [7, 11) is -3.26. The zero-order chi connectivity index (χ0) is 16.3. The minimum Gasteiger partial charge on any atom is -0.422 e. The van der Waals surface area contributed by atoms with Gasteiger partial charge in [0.2, 0.25) is 21.8 Å². The second-order valence-electron chi connectivity index (χ2n) is 6.39. The molecule has 1 aromatic heterocycles. The summed E-state index contributed by atoms with van der Waals surface area (Å²) in [5.74, 6) is 1.47. The molecule has 0 N–H and O–H groups in total. The maximum atomic E-state index is 12.7. The van der Waals surface area contributed by atoms with Crippen LogP contribution in [0.15, 0.2) is 4.42 Å². The van der Waals surface area contributed by atoms with Gasteiger partial charge < -0.3 is 9.15 Å². The van der Waals surface area contributed by atoms with Crippen LogP contribution in [-0.2, 0) is 21.2 Å². The van der Waals surface area contributed by atoms with Gasteiger partial charge in [0.15, 0.2) is 0 Å². The highest BCUT2D eigenvalue weighted by Gasteiger charge is 2.34. The molecule has 7 nitrogen and oxygen atoms in total. The molecule has 0 spiro atoms. The molecule has 0 bridgehead atoms. The van der Waals surface area contributed by atoms with Crippen LogP contribution in [-0.4, -0.2) is 48.4 Å². The Hall–Kier alpha value is -0.990. The fourth-order valence-corrected chi connectivity index (χ4v) is 5.18.